The molecule has 0 saturated heterocycles. The summed E-state index contributed by atoms with van der Waals surface area (Å²) in [6, 6.07) is 11.1. The molecule has 0 aliphatic rings. The first-order chi connectivity index (χ1) is 15.9. The smallest absolute Gasteiger partial charge is 0.307 e. The maximum atomic E-state index is 13.9. The van der Waals surface area contributed by atoms with Gasteiger partial charge in [0.2, 0.25) is 11.8 Å². The normalized spacial score (nSPS) is 10.6. The molecule has 0 unspecified atom stereocenters. The summed E-state index contributed by atoms with van der Waals surface area (Å²) < 4.78 is 20.5. The van der Waals surface area contributed by atoms with E-state index in [0.29, 0.717) is 28.9 Å². The van der Waals surface area contributed by atoms with Gasteiger partial charge in [0, 0.05) is 35.7 Å². The van der Waals surface area contributed by atoms with Crippen molar-refractivity contribution in [3.05, 3.63) is 81.9 Å². The zero-order valence-corrected chi connectivity index (χ0v) is 17.5. The van der Waals surface area contributed by atoms with Crippen LogP contribution in [-0.4, -0.2) is 38.1 Å². The molecule has 166 valence electrons. The summed E-state index contributed by atoms with van der Waals surface area (Å²) >= 11 is 0. The maximum Gasteiger partial charge on any atom is 0.307 e. The summed E-state index contributed by atoms with van der Waals surface area (Å²) in [6.07, 6.45) is 3.79. The van der Waals surface area contributed by atoms with E-state index in [1.807, 2.05) is 30.3 Å². The average Bonchev–Trinajstić information content (AvgIpc) is 3.25. The Morgan fingerprint density at radius 1 is 1.24 bits per heavy atom. The van der Waals surface area contributed by atoms with Crippen molar-refractivity contribution in [2.24, 2.45) is 0 Å². The summed E-state index contributed by atoms with van der Waals surface area (Å²) in [6.45, 7) is 1.77. The molecule has 4 rings (SSSR count). The minimum atomic E-state index is -1.03. The molecule has 2 aromatic heterocycles. The second-order valence-corrected chi connectivity index (χ2v) is 6.95. The van der Waals surface area contributed by atoms with Crippen molar-refractivity contribution >= 4 is 23.6 Å². The zero-order chi connectivity index (χ0) is 23.5. The lowest BCUT2D eigenvalue weighted by Crippen LogP contribution is -2.07. The SMILES string of the molecule is COc1cc(F)c([N+](=O)[O-])cc1Nc1ncc(C)c(-n2cc(C=O)c(-c3ccccc3)n2)n1. The van der Waals surface area contributed by atoms with Gasteiger partial charge < -0.3 is 10.1 Å². The number of nitrogens with zero attached hydrogens (tertiary/aromatic N) is 5. The number of rotatable bonds is 7. The topological polar surface area (TPSA) is 125 Å². The quantitative estimate of drug-likeness (QED) is 0.253. The number of methoxy groups -OCH3 is 1. The van der Waals surface area contributed by atoms with E-state index in [1.54, 1.807) is 13.1 Å². The van der Waals surface area contributed by atoms with Crippen LogP contribution in [0.1, 0.15) is 15.9 Å². The van der Waals surface area contributed by atoms with Crippen LogP contribution >= 0.6 is 0 Å². The summed E-state index contributed by atoms with van der Waals surface area (Å²) in [4.78, 5) is 30.5. The van der Waals surface area contributed by atoms with Crippen molar-refractivity contribution in [1.29, 1.82) is 0 Å². The molecule has 1 N–H and O–H groups in total. The molecule has 0 spiro atoms. The van der Waals surface area contributed by atoms with Gasteiger partial charge in [-0.3, -0.25) is 14.9 Å². The predicted octanol–water partition coefficient (Wildman–Crippen LogP) is 4.25. The molecule has 0 radical (unpaired) electrons. The molecule has 11 heteroatoms. The van der Waals surface area contributed by atoms with Gasteiger partial charge in [-0.25, -0.2) is 9.67 Å². The number of anilines is 2. The maximum absolute atomic E-state index is 13.9. The van der Waals surface area contributed by atoms with Crippen LogP contribution in [0.4, 0.5) is 21.7 Å². The highest BCUT2D eigenvalue weighted by molar-refractivity contribution is 5.85. The lowest BCUT2D eigenvalue weighted by molar-refractivity contribution is -0.387. The first-order valence-corrected chi connectivity index (χ1v) is 9.64. The van der Waals surface area contributed by atoms with Crippen LogP contribution in [0, 0.1) is 22.9 Å². The molecule has 0 fully saturated rings. The largest absolute Gasteiger partial charge is 0.494 e. The zero-order valence-electron chi connectivity index (χ0n) is 17.5. The number of hydrogen-bond donors (Lipinski definition) is 1. The van der Waals surface area contributed by atoms with Crippen molar-refractivity contribution in [3.63, 3.8) is 0 Å². The lowest BCUT2D eigenvalue weighted by atomic mass is 10.1. The molecule has 33 heavy (non-hydrogen) atoms. The number of aryl methyl sites for hydroxylation is 1. The van der Waals surface area contributed by atoms with Gasteiger partial charge in [0.15, 0.2) is 12.1 Å². The summed E-state index contributed by atoms with van der Waals surface area (Å²) in [7, 11) is 1.31. The first-order valence-electron chi connectivity index (χ1n) is 9.64. The minimum Gasteiger partial charge on any atom is -0.494 e. The van der Waals surface area contributed by atoms with Gasteiger partial charge in [0.25, 0.3) is 0 Å². The average molecular weight is 448 g/mol. The second kappa shape index (κ2) is 8.83. The Morgan fingerprint density at radius 3 is 2.67 bits per heavy atom. The van der Waals surface area contributed by atoms with E-state index in [2.05, 4.69) is 20.4 Å². The number of nitro groups is 1. The highest BCUT2D eigenvalue weighted by Crippen LogP contribution is 2.33. The van der Waals surface area contributed by atoms with Crippen molar-refractivity contribution in [1.82, 2.24) is 19.7 Å². The van der Waals surface area contributed by atoms with Crippen LogP contribution < -0.4 is 10.1 Å². The number of carbonyl (C=O) groups excluding carboxylic acids is 1. The van der Waals surface area contributed by atoms with Crippen LogP contribution in [0.3, 0.4) is 0 Å². The van der Waals surface area contributed by atoms with Crippen LogP contribution in [-0.2, 0) is 0 Å². The van der Waals surface area contributed by atoms with Crippen LogP contribution in [0.15, 0.2) is 54.9 Å². The number of nitrogens with one attached hydrogen (secondary N) is 1. The van der Waals surface area contributed by atoms with Crippen molar-refractivity contribution in [2.45, 2.75) is 6.92 Å². The van der Waals surface area contributed by atoms with Gasteiger partial charge in [-0.05, 0) is 6.92 Å². The van der Waals surface area contributed by atoms with Crippen molar-refractivity contribution in [3.8, 4) is 22.8 Å². The molecule has 2 aromatic carbocycles. The number of nitro benzene ring substituents is 1. The molecule has 0 bridgehead atoms. The fourth-order valence-electron chi connectivity index (χ4n) is 3.20. The number of hydrogen-bond acceptors (Lipinski definition) is 8. The highest BCUT2D eigenvalue weighted by Gasteiger charge is 2.20. The molecule has 4 aromatic rings. The van der Waals surface area contributed by atoms with Gasteiger partial charge in [-0.2, -0.15) is 14.5 Å². The third-order valence-electron chi connectivity index (χ3n) is 4.79. The Kier molecular flexibility index (Phi) is 5.77. The molecule has 0 amide bonds. The number of aldehydes is 1. The fourth-order valence-corrected chi connectivity index (χ4v) is 3.20. The Hall–Kier alpha value is -4.67. The number of carbonyl (C=O) groups is 1. The fraction of sp³-hybridized carbons (Fsp3) is 0.0909. The van der Waals surface area contributed by atoms with Gasteiger partial charge in [0.05, 0.1) is 23.3 Å². The van der Waals surface area contributed by atoms with E-state index in [1.165, 1.54) is 18.0 Å². The van der Waals surface area contributed by atoms with E-state index in [4.69, 9.17) is 4.74 Å². The standard InChI is InChI=1S/C22H17FN6O4/c1-13-10-24-22(25-17-9-18(29(31)32)16(23)8-19(17)33-2)26-21(13)28-11-15(12-30)20(27-28)14-6-4-3-5-7-14/h3-12H,1-2H3,(H,24,25,26). The van der Waals surface area contributed by atoms with E-state index < -0.39 is 16.4 Å². The van der Waals surface area contributed by atoms with Crippen LogP contribution in [0.2, 0.25) is 0 Å². The molecular weight excluding hydrogens is 431 g/mol. The van der Waals surface area contributed by atoms with Crippen molar-refractivity contribution in [2.75, 3.05) is 12.4 Å². The third kappa shape index (κ3) is 4.24. The van der Waals surface area contributed by atoms with Crippen LogP contribution in [0.5, 0.6) is 5.75 Å². The van der Waals surface area contributed by atoms with Crippen LogP contribution in [0.25, 0.3) is 17.1 Å². The summed E-state index contributed by atoms with van der Waals surface area (Å²) in [5, 5.41) is 18.5. The number of ether oxygens (including phenoxy) is 1. The lowest BCUT2D eigenvalue weighted by Gasteiger charge is -2.12. The molecule has 2 heterocycles. The predicted molar refractivity (Wildman–Crippen MR) is 118 cm³/mol. The van der Waals surface area contributed by atoms with E-state index in [-0.39, 0.29) is 17.4 Å². The molecule has 10 nitrogen and oxygen atoms in total. The minimum absolute atomic E-state index is 0.0394. The number of halogens is 1. The van der Waals surface area contributed by atoms with Gasteiger partial charge in [0.1, 0.15) is 11.4 Å². The van der Waals surface area contributed by atoms with Gasteiger partial charge >= 0.3 is 5.69 Å². The van der Waals surface area contributed by atoms with Gasteiger partial charge in [-0.1, -0.05) is 30.3 Å². The molecule has 0 atom stereocenters. The molecular formula is C22H17FN6O4. The molecule has 0 aliphatic heterocycles. The Balaban J connectivity index is 1.75. The van der Waals surface area contributed by atoms with E-state index >= 15 is 0 Å². The Labute approximate surface area is 186 Å². The number of aromatic nitrogens is 4. The summed E-state index contributed by atoms with van der Waals surface area (Å²) in [5.74, 6) is -0.538. The third-order valence-corrected chi connectivity index (χ3v) is 4.79. The van der Waals surface area contributed by atoms with Crippen molar-refractivity contribution < 1.29 is 18.8 Å². The summed E-state index contributed by atoms with van der Waals surface area (Å²) in [5.41, 5.74) is 1.70. The van der Waals surface area contributed by atoms with E-state index in [9.17, 15) is 19.3 Å². The number of benzene rings is 2. The Bertz CT molecular complexity index is 1360. The highest BCUT2D eigenvalue weighted by atomic mass is 19.1. The van der Waals surface area contributed by atoms with E-state index in [0.717, 1.165) is 17.7 Å². The monoisotopic (exact) mass is 448 g/mol. The first kappa shape index (κ1) is 21.6. The molecule has 0 saturated carbocycles. The second-order valence-electron chi connectivity index (χ2n) is 6.95. The molecule has 0 aliphatic carbocycles. The van der Waals surface area contributed by atoms with Gasteiger partial charge in [-0.15, -0.1) is 0 Å². The Morgan fingerprint density at radius 2 is 2.00 bits per heavy atom.